The number of allylic oxidation sites excluding steroid dienone is 1. The smallest absolute Gasteiger partial charge is 0.311 e. The van der Waals surface area contributed by atoms with Gasteiger partial charge in [0.05, 0.1) is 35.8 Å². The lowest BCUT2D eigenvalue weighted by Gasteiger charge is -2.40. The summed E-state index contributed by atoms with van der Waals surface area (Å²) in [5, 5.41) is 10.6. The number of amides is 2. The van der Waals surface area contributed by atoms with Gasteiger partial charge in [0.25, 0.3) is 5.91 Å². The normalized spacial score (nSPS) is 28.6. The topological polar surface area (TPSA) is 87.1 Å². The summed E-state index contributed by atoms with van der Waals surface area (Å²) in [5.41, 5.74) is 2.77. The summed E-state index contributed by atoms with van der Waals surface area (Å²) in [6.07, 6.45) is 7.96. The number of fused-ring (bicyclic) bond motifs is 1. The van der Waals surface area contributed by atoms with Crippen LogP contribution in [0.1, 0.15) is 70.4 Å². The molecule has 3 aliphatic rings. The molecule has 1 N–H and O–H groups in total. The molecule has 3 aliphatic heterocycles. The number of ether oxygens (including phenoxy) is 1. The lowest BCUT2D eigenvalue weighted by atomic mass is 9.66. The average Bonchev–Trinajstić information content (AvgIpc) is 3.51. The molecule has 0 saturated carbocycles. The fraction of sp³-hybridized carbons (Fsp3) is 0.618. The highest BCUT2D eigenvalue weighted by atomic mass is 32.2. The number of nitrogens with zero attached hydrogens (tertiary/aromatic N) is 2. The van der Waals surface area contributed by atoms with Crippen molar-refractivity contribution in [1.82, 2.24) is 4.90 Å². The van der Waals surface area contributed by atoms with Gasteiger partial charge in [0.1, 0.15) is 6.04 Å². The molecule has 1 spiro atoms. The second-order valence-corrected chi connectivity index (χ2v) is 14.8. The second-order valence-electron chi connectivity index (χ2n) is 12.9. The van der Waals surface area contributed by atoms with Gasteiger partial charge in [-0.15, -0.1) is 24.9 Å². The zero-order valence-corrected chi connectivity index (χ0v) is 26.8. The Kier molecular flexibility index (Phi) is 9.98. The molecule has 1 aromatic carbocycles. The predicted octanol–water partition coefficient (Wildman–Crippen LogP) is 5.61. The number of thioether (sulfide) groups is 1. The van der Waals surface area contributed by atoms with Gasteiger partial charge in [0.2, 0.25) is 5.91 Å². The van der Waals surface area contributed by atoms with Gasteiger partial charge < -0.3 is 19.6 Å². The number of aryl methyl sites for hydroxylation is 2. The molecule has 2 bridgehead atoms. The number of unbranched alkanes of at least 4 members (excludes halogenated alkanes) is 2. The molecule has 6 atom stereocenters. The number of anilines is 1. The van der Waals surface area contributed by atoms with Crippen LogP contribution >= 0.6 is 11.8 Å². The maximum atomic E-state index is 14.9. The second kappa shape index (κ2) is 13.0. The number of rotatable bonds is 14. The highest BCUT2D eigenvalue weighted by molar-refractivity contribution is 8.02. The third kappa shape index (κ3) is 5.69. The van der Waals surface area contributed by atoms with Crippen molar-refractivity contribution in [3.63, 3.8) is 0 Å². The van der Waals surface area contributed by atoms with E-state index in [1.54, 1.807) is 27.6 Å². The van der Waals surface area contributed by atoms with Crippen LogP contribution in [0, 0.1) is 31.6 Å². The predicted molar refractivity (Wildman–Crippen MR) is 169 cm³/mol. The van der Waals surface area contributed by atoms with Crippen LogP contribution in [0.3, 0.4) is 0 Å². The Morgan fingerprint density at radius 3 is 2.60 bits per heavy atom. The minimum Gasteiger partial charge on any atom is -0.465 e. The summed E-state index contributed by atoms with van der Waals surface area (Å²) in [5.74, 6) is -1.87. The van der Waals surface area contributed by atoms with Crippen molar-refractivity contribution in [2.45, 2.75) is 94.7 Å². The van der Waals surface area contributed by atoms with Crippen LogP contribution in [-0.2, 0) is 19.1 Å². The number of aliphatic hydroxyl groups excluding tert-OH is 1. The van der Waals surface area contributed by atoms with Gasteiger partial charge in [-0.1, -0.05) is 38.1 Å². The molecule has 4 rings (SSSR count). The van der Waals surface area contributed by atoms with E-state index in [0.29, 0.717) is 25.9 Å². The molecule has 0 aromatic heterocycles. The van der Waals surface area contributed by atoms with Crippen LogP contribution in [-0.4, -0.2) is 69.1 Å². The molecule has 3 saturated heterocycles. The summed E-state index contributed by atoms with van der Waals surface area (Å²) < 4.78 is 4.51. The zero-order chi connectivity index (χ0) is 30.8. The maximum Gasteiger partial charge on any atom is 0.311 e. The van der Waals surface area contributed by atoms with Gasteiger partial charge in [-0.05, 0) is 82.4 Å². The van der Waals surface area contributed by atoms with Crippen LogP contribution in [0.2, 0.25) is 0 Å². The monoisotopic (exact) mass is 596 g/mol. The molecule has 0 radical (unpaired) electrons. The number of likely N-dealkylation sites (tertiary alicyclic amines) is 1. The molecule has 8 heteroatoms. The Hall–Kier alpha value is -2.58. The quantitative estimate of drug-likeness (QED) is 0.171. The molecular formula is C34H48N2O5S. The first kappa shape index (κ1) is 32.3. The Balaban J connectivity index is 1.78. The van der Waals surface area contributed by atoms with Crippen molar-refractivity contribution in [3.8, 4) is 0 Å². The number of carbonyl (C=O) groups excluding carboxylic acids is 3. The van der Waals surface area contributed by atoms with E-state index in [1.807, 2.05) is 52.0 Å². The number of benzene rings is 1. The fourth-order valence-corrected chi connectivity index (χ4v) is 9.79. The van der Waals surface area contributed by atoms with E-state index in [1.165, 1.54) is 0 Å². The SMILES string of the molecule is C=CCCCCOC(=O)[C@H]1[C@H]2C(=O)N([C@@H](CO)CC(C)C)C(C(=O)N(CC=C)c3cc(C)ccc3C)C23CC[C@]1(C)S3. The van der Waals surface area contributed by atoms with E-state index in [4.69, 9.17) is 4.74 Å². The fourth-order valence-electron chi connectivity index (χ4n) is 7.46. The summed E-state index contributed by atoms with van der Waals surface area (Å²) >= 11 is 1.63. The van der Waals surface area contributed by atoms with E-state index in [-0.39, 0.29) is 36.9 Å². The largest absolute Gasteiger partial charge is 0.465 e. The first-order valence-corrected chi connectivity index (χ1v) is 16.2. The minimum absolute atomic E-state index is 0.183. The summed E-state index contributed by atoms with van der Waals surface area (Å²) in [6.45, 7) is 18.1. The van der Waals surface area contributed by atoms with Crippen LogP contribution in [0.4, 0.5) is 5.69 Å². The number of carbonyl (C=O) groups is 3. The molecule has 1 aromatic rings. The van der Waals surface area contributed by atoms with Gasteiger partial charge in [-0.2, -0.15) is 0 Å². The van der Waals surface area contributed by atoms with Gasteiger partial charge in [-0.25, -0.2) is 0 Å². The van der Waals surface area contributed by atoms with Crippen LogP contribution < -0.4 is 4.90 Å². The Bertz CT molecular complexity index is 1220. The number of hydrogen-bond acceptors (Lipinski definition) is 6. The number of esters is 1. The molecule has 0 aliphatic carbocycles. The molecule has 42 heavy (non-hydrogen) atoms. The number of hydrogen-bond donors (Lipinski definition) is 1. The lowest BCUT2D eigenvalue weighted by molar-refractivity contribution is -0.156. The molecule has 7 nitrogen and oxygen atoms in total. The highest BCUT2D eigenvalue weighted by Gasteiger charge is 2.78. The van der Waals surface area contributed by atoms with Gasteiger partial charge in [-0.3, -0.25) is 14.4 Å². The Morgan fingerprint density at radius 2 is 1.95 bits per heavy atom. The van der Waals surface area contributed by atoms with E-state index in [0.717, 1.165) is 36.1 Å². The average molecular weight is 597 g/mol. The van der Waals surface area contributed by atoms with Crippen LogP contribution in [0.5, 0.6) is 0 Å². The van der Waals surface area contributed by atoms with Crippen LogP contribution in [0.25, 0.3) is 0 Å². The third-order valence-corrected chi connectivity index (χ3v) is 11.3. The van der Waals surface area contributed by atoms with Crippen molar-refractivity contribution in [2.75, 3.05) is 24.7 Å². The standard InChI is InChI=1S/C34H48N2O5S/c1-8-10-11-12-18-41-32(40)28-27-30(38)36(25(21-37)19-22(3)4)29(34(27)16-15-33(28,7)42-34)31(39)35(17-9-2)26-20-23(5)13-14-24(26)6/h8-9,13-14,20,22,25,27-29,37H,1-2,10-12,15-19,21H2,3-7H3/t25-,27+,28-,29?,33+,34?/m1/s1. The van der Waals surface area contributed by atoms with E-state index >= 15 is 0 Å². The summed E-state index contributed by atoms with van der Waals surface area (Å²) in [7, 11) is 0. The number of aliphatic hydroxyl groups is 1. The summed E-state index contributed by atoms with van der Waals surface area (Å²) in [4.78, 5) is 46.6. The van der Waals surface area contributed by atoms with E-state index in [2.05, 4.69) is 20.1 Å². The highest BCUT2D eigenvalue weighted by Crippen LogP contribution is 2.72. The maximum absolute atomic E-state index is 14.9. The lowest BCUT2D eigenvalue weighted by Crippen LogP contribution is -2.58. The van der Waals surface area contributed by atoms with Gasteiger partial charge >= 0.3 is 5.97 Å². The van der Waals surface area contributed by atoms with Crippen LogP contribution in [0.15, 0.2) is 43.5 Å². The van der Waals surface area contributed by atoms with Gasteiger partial charge in [0, 0.05) is 17.0 Å². The van der Waals surface area contributed by atoms with Crippen molar-refractivity contribution in [2.24, 2.45) is 17.8 Å². The van der Waals surface area contributed by atoms with Crippen molar-refractivity contribution in [1.29, 1.82) is 0 Å². The van der Waals surface area contributed by atoms with E-state index < -0.39 is 33.4 Å². The zero-order valence-electron chi connectivity index (χ0n) is 25.9. The molecule has 2 amide bonds. The Morgan fingerprint density at radius 1 is 1.21 bits per heavy atom. The first-order chi connectivity index (χ1) is 20.0. The summed E-state index contributed by atoms with van der Waals surface area (Å²) in [6, 6.07) is 4.67. The third-order valence-electron chi connectivity index (χ3n) is 9.33. The first-order valence-electron chi connectivity index (χ1n) is 15.4. The molecule has 3 heterocycles. The van der Waals surface area contributed by atoms with Crippen molar-refractivity contribution >= 4 is 35.2 Å². The molecule has 230 valence electrons. The van der Waals surface area contributed by atoms with Crippen molar-refractivity contribution in [3.05, 3.63) is 54.6 Å². The van der Waals surface area contributed by atoms with E-state index in [9.17, 15) is 19.5 Å². The molecule has 2 unspecified atom stereocenters. The molecular weight excluding hydrogens is 548 g/mol. The minimum atomic E-state index is -0.817. The van der Waals surface area contributed by atoms with Gasteiger partial charge in [0.15, 0.2) is 0 Å². The Labute approximate surface area is 255 Å². The molecule has 3 fully saturated rings. The van der Waals surface area contributed by atoms with Crippen molar-refractivity contribution < 1.29 is 24.2 Å².